The smallest absolute Gasteiger partial charge is 0.407 e. The summed E-state index contributed by atoms with van der Waals surface area (Å²) in [6, 6.07) is 0. The quantitative estimate of drug-likeness (QED) is 0.210. The molecule has 0 rings (SSSR count). The molecule has 0 aromatic rings. The molecule has 7 nitrogen and oxygen atoms in total. The highest BCUT2D eigenvalue weighted by Crippen LogP contribution is 1.90. The zero-order chi connectivity index (χ0) is 14.5. The minimum atomic E-state index is -0.611. The molecule has 0 heterocycles. The van der Waals surface area contributed by atoms with Gasteiger partial charge in [0.2, 0.25) is 0 Å². The Morgan fingerprint density at radius 1 is 1.21 bits per heavy atom. The SMILES string of the molecule is C=COCOCCOC(=O)NCCOC(=O)C(=C)C. The molecule has 108 valence electrons. The van der Waals surface area contributed by atoms with E-state index in [-0.39, 0.29) is 33.2 Å². The molecule has 0 aliphatic carbocycles. The summed E-state index contributed by atoms with van der Waals surface area (Å²) in [6.45, 7) is 8.89. The van der Waals surface area contributed by atoms with Gasteiger partial charge in [0.15, 0.2) is 6.79 Å². The fraction of sp³-hybridized carbons (Fsp3) is 0.500. The molecule has 0 atom stereocenters. The van der Waals surface area contributed by atoms with Crippen LogP contribution in [0, 0.1) is 0 Å². The summed E-state index contributed by atoms with van der Waals surface area (Å²) in [7, 11) is 0. The number of alkyl carbamates (subject to hydrolysis) is 1. The lowest BCUT2D eigenvalue weighted by Crippen LogP contribution is -2.29. The van der Waals surface area contributed by atoms with Crippen molar-refractivity contribution in [3.05, 3.63) is 25.0 Å². The third kappa shape index (κ3) is 10.8. The van der Waals surface area contributed by atoms with Crippen molar-refractivity contribution in [3.63, 3.8) is 0 Å². The highest BCUT2D eigenvalue weighted by molar-refractivity contribution is 5.86. The molecule has 0 spiro atoms. The van der Waals surface area contributed by atoms with E-state index in [4.69, 9.17) is 18.9 Å². The number of esters is 1. The Morgan fingerprint density at radius 2 is 1.95 bits per heavy atom. The molecule has 1 amide bonds. The summed E-state index contributed by atoms with van der Waals surface area (Å²) < 4.78 is 19.1. The maximum Gasteiger partial charge on any atom is 0.407 e. The predicted molar refractivity (Wildman–Crippen MR) is 67.2 cm³/mol. The second-order valence-corrected chi connectivity index (χ2v) is 3.34. The predicted octanol–water partition coefficient (Wildman–Crippen LogP) is 0.966. The van der Waals surface area contributed by atoms with Crippen molar-refractivity contribution >= 4 is 12.1 Å². The van der Waals surface area contributed by atoms with Crippen LogP contribution >= 0.6 is 0 Å². The summed E-state index contributed by atoms with van der Waals surface area (Å²) in [6.07, 6.45) is 0.638. The van der Waals surface area contributed by atoms with Gasteiger partial charge >= 0.3 is 12.1 Å². The van der Waals surface area contributed by atoms with Gasteiger partial charge in [0.25, 0.3) is 0 Å². The van der Waals surface area contributed by atoms with Gasteiger partial charge in [-0.25, -0.2) is 9.59 Å². The lowest BCUT2D eigenvalue weighted by atomic mass is 10.4. The van der Waals surface area contributed by atoms with Crippen LogP contribution in [-0.2, 0) is 23.7 Å². The number of hydrogen-bond acceptors (Lipinski definition) is 6. The summed E-state index contributed by atoms with van der Waals surface area (Å²) in [5, 5.41) is 2.41. The van der Waals surface area contributed by atoms with Gasteiger partial charge in [0.1, 0.15) is 13.2 Å². The van der Waals surface area contributed by atoms with Crippen LogP contribution in [0.5, 0.6) is 0 Å². The first-order valence-corrected chi connectivity index (χ1v) is 5.61. The Kier molecular flexibility index (Phi) is 9.91. The van der Waals surface area contributed by atoms with Crippen LogP contribution < -0.4 is 5.32 Å². The molecule has 0 aliphatic rings. The molecule has 0 fully saturated rings. The molecule has 0 aromatic carbocycles. The van der Waals surface area contributed by atoms with Crippen LogP contribution in [0.25, 0.3) is 0 Å². The van der Waals surface area contributed by atoms with E-state index in [1.807, 2.05) is 0 Å². The number of carbonyl (C=O) groups excluding carboxylic acids is 2. The van der Waals surface area contributed by atoms with E-state index < -0.39 is 12.1 Å². The van der Waals surface area contributed by atoms with Crippen molar-refractivity contribution in [3.8, 4) is 0 Å². The van der Waals surface area contributed by atoms with Gasteiger partial charge in [-0.1, -0.05) is 13.2 Å². The first kappa shape index (κ1) is 17.0. The Hall–Kier alpha value is -2.02. The number of amides is 1. The lowest BCUT2D eigenvalue weighted by molar-refractivity contribution is -0.138. The summed E-state index contributed by atoms with van der Waals surface area (Å²) >= 11 is 0. The van der Waals surface area contributed by atoms with Gasteiger partial charge in [0, 0.05) is 5.57 Å². The van der Waals surface area contributed by atoms with Crippen LogP contribution in [0.1, 0.15) is 6.92 Å². The van der Waals surface area contributed by atoms with E-state index in [1.165, 1.54) is 6.26 Å². The summed E-state index contributed by atoms with van der Waals surface area (Å²) in [4.78, 5) is 22.1. The van der Waals surface area contributed by atoms with Gasteiger partial charge in [-0.05, 0) is 6.92 Å². The Bertz CT molecular complexity index is 315. The molecular weight excluding hydrogens is 254 g/mol. The standard InChI is InChI=1S/C12H19NO6/c1-4-16-9-17-7-8-19-12(15)13-5-6-18-11(14)10(2)3/h4H,1-2,5-9H2,3H3,(H,13,15). The normalized spacial score (nSPS) is 9.32. The Morgan fingerprint density at radius 3 is 2.58 bits per heavy atom. The lowest BCUT2D eigenvalue weighted by Gasteiger charge is -2.08. The minimum Gasteiger partial charge on any atom is -0.476 e. The van der Waals surface area contributed by atoms with Crippen LogP contribution in [0.4, 0.5) is 4.79 Å². The fourth-order valence-electron chi connectivity index (χ4n) is 0.819. The van der Waals surface area contributed by atoms with Crippen LogP contribution in [-0.4, -0.2) is 45.2 Å². The highest BCUT2D eigenvalue weighted by atomic mass is 16.7. The molecule has 0 radical (unpaired) electrons. The van der Waals surface area contributed by atoms with E-state index in [0.29, 0.717) is 5.57 Å². The Labute approximate surface area is 112 Å². The van der Waals surface area contributed by atoms with Gasteiger partial charge in [-0.15, -0.1) is 0 Å². The average molecular weight is 273 g/mol. The zero-order valence-corrected chi connectivity index (χ0v) is 11.0. The summed E-state index contributed by atoms with van der Waals surface area (Å²) in [5.41, 5.74) is 0.307. The second kappa shape index (κ2) is 11.1. The molecule has 0 unspecified atom stereocenters. The number of hydrogen-bond donors (Lipinski definition) is 1. The maximum atomic E-state index is 11.1. The molecule has 0 bridgehead atoms. The minimum absolute atomic E-state index is 0.0600. The molecule has 0 saturated carbocycles. The van der Waals surface area contributed by atoms with Crippen molar-refractivity contribution in [2.75, 3.05) is 33.2 Å². The maximum absolute atomic E-state index is 11.1. The summed E-state index contributed by atoms with van der Waals surface area (Å²) in [5.74, 6) is -0.495. The monoisotopic (exact) mass is 273 g/mol. The molecule has 7 heteroatoms. The third-order valence-electron chi connectivity index (χ3n) is 1.68. The second-order valence-electron chi connectivity index (χ2n) is 3.34. The third-order valence-corrected chi connectivity index (χ3v) is 1.68. The van der Waals surface area contributed by atoms with Crippen molar-refractivity contribution in [1.82, 2.24) is 5.32 Å². The molecule has 1 N–H and O–H groups in total. The fourth-order valence-corrected chi connectivity index (χ4v) is 0.819. The van der Waals surface area contributed by atoms with Crippen LogP contribution in [0.15, 0.2) is 25.0 Å². The average Bonchev–Trinajstić information content (AvgIpc) is 2.38. The van der Waals surface area contributed by atoms with E-state index in [9.17, 15) is 9.59 Å². The van der Waals surface area contributed by atoms with Crippen molar-refractivity contribution in [2.45, 2.75) is 6.92 Å². The number of ether oxygens (including phenoxy) is 4. The number of carbonyl (C=O) groups is 2. The van der Waals surface area contributed by atoms with Crippen LogP contribution in [0.2, 0.25) is 0 Å². The van der Waals surface area contributed by atoms with E-state index >= 15 is 0 Å². The van der Waals surface area contributed by atoms with Crippen molar-refractivity contribution in [2.24, 2.45) is 0 Å². The molecule has 19 heavy (non-hydrogen) atoms. The van der Waals surface area contributed by atoms with E-state index in [0.717, 1.165) is 0 Å². The van der Waals surface area contributed by atoms with Gasteiger partial charge in [-0.3, -0.25) is 0 Å². The molecule has 0 saturated heterocycles. The van der Waals surface area contributed by atoms with Gasteiger partial charge in [0.05, 0.1) is 19.4 Å². The van der Waals surface area contributed by atoms with E-state index in [1.54, 1.807) is 6.92 Å². The highest BCUT2D eigenvalue weighted by Gasteiger charge is 2.04. The Balaban J connectivity index is 3.37. The largest absolute Gasteiger partial charge is 0.476 e. The molecule has 0 aliphatic heterocycles. The van der Waals surface area contributed by atoms with Gasteiger partial charge in [-0.2, -0.15) is 0 Å². The number of rotatable bonds is 10. The molecular formula is C12H19NO6. The first-order chi connectivity index (χ1) is 9.07. The van der Waals surface area contributed by atoms with E-state index in [2.05, 4.69) is 18.5 Å². The van der Waals surface area contributed by atoms with Crippen molar-refractivity contribution in [1.29, 1.82) is 0 Å². The topological polar surface area (TPSA) is 83.1 Å². The number of nitrogens with one attached hydrogen (secondary N) is 1. The van der Waals surface area contributed by atoms with Crippen LogP contribution in [0.3, 0.4) is 0 Å². The first-order valence-electron chi connectivity index (χ1n) is 5.61. The van der Waals surface area contributed by atoms with Crippen molar-refractivity contribution < 1.29 is 28.5 Å². The molecule has 0 aromatic heterocycles. The zero-order valence-electron chi connectivity index (χ0n) is 11.0. The van der Waals surface area contributed by atoms with Gasteiger partial charge < -0.3 is 24.3 Å².